The molecule has 6 heteroatoms. The molecular formula is C12H18N4S2. The fraction of sp³-hybridized carbons (Fsp3) is 0.583. The van der Waals surface area contributed by atoms with Crippen LogP contribution in [0.4, 0.5) is 5.13 Å². The van der Waals surface area contributed by atoms with E-state index in [1.54, 1.807) is 11.3 Å². The summed E-state index contributed by atoms with van der Waals surface area (Å²) in [7, 11) is 0. The molecule has 2 aromatic rings. The molecular weight excluding hydrogens is 264 g/mol. The van der Waals surface area contributed by atoms with Gasteiger partial charge in [-0.1, -0.05) is 6.92 Å². The third-order valence-corrected chi connectivity index (χ3v) is 4.55. The maximum atomic E-state index is 4.48. The van der Waals surface area contributed by atoms with E-state index in [9.17, 15) is 0 Å². The van der Waals surface area contributed by atoms with Gasteiger partial charge >= 0.3 is 0 Å². The van der Waals surface area contributed by atoms with E-state index < -0.39 is 0 Å². The molecule has 0 bridgehead atoms. The van der Waals surface area contributed by atoms with E-state index >= 15 is 0 Å². The van der Waals surface area contributed by atoms with Crippen LogP contribution in [0.3, 0.4) is 0 Å². The molecule has 1 unspecified atom stereocenters. The predicted molar refractivity (Wildman–Crippen MR) is 77.5 cm³/mol. The molecule has 2 heterocycles. The summed E-state index contributed by atoms with van der Waals surface area (Å²) in [4.78, 5) is 10.2. The zero-order valence-electron chi connectivity index (χ0n) is 11.1. The first kappa shape index (κ1) is 13.4. The van der Waals surface area contributed by atoms with Crippen molar-refractivity contribution in [2.45, 2.75) is 46.6 Å². The highest BCUT2D eigenvalue weighted by Crippen LogP contribution is 2.28. The maximum absolute atomic E-state index is 4.48. The molecule has 2 aromatic heterocycles. The van der Waals surface area contributed by atoms with Crippen molar-refractivity contribution in [3.8, 4) is 0 Å². The number of thiazole rings is 1. The fourth-order valence-electron chi connectivity index (χ4n) is 1.84. The SMILES string of the molecule is CCCc1nsc(NC(C)c2sc(C)nc2C)n1. The Kier molecular flexibility index (Phi) is 4.29. The van der Waals surface area contributed by atoms with Gasteiger partial charge in [0.1, 0.15) is 5.82 Å². The van der Waals surface area contributed by atoms with Crippen LogP contribution in [0.2, 0.25) is 0 Å². The van der Waals surface area contributed by atoms with E-state index in [2.05, 4.69) is 40.4 Å². The van der Waals surface area contributed by atoms with Crippen LogP contribution in [0.5, 0.6) is 0 Å². The van der Waals surface area contributed by atoms with Gasteiger partial charge in [0.15, 0.2) is 0 Å². The van der Waals surface area contributed by atoms with Crippen molar-refractivity contribution in [1.29, 1.82) is 0 Å². The van der Waals surface area contributed by atoms with E-state index in [-0.39, 0.29) is 6.04 Å². The normalized spacial score (nSPS) is 12.7. The minimum absolute atomic E-state index is 0.235. The summed E-state index contributed by atoms with van der Waals surface area (Å²) in [5.74, 6) is 0.939. The van der Waals surface area contributed by atoms with Crippen molar-refractivity contribution >= 4 is 28.0 Å². The topological polar surface area (TPSA) is 50.7 Å². The monoisotopic (exact) mass is 282 g/mol. The molecule has 0 spiro atoms. The lowest BCUT2D eigenvalue weighted by atomic mass is 10.2. The molecule has 1 atom stereocenters. The van der Waals surface area contributed by atoms with E-state index in [4.69, 9.17) is 0 Å². The number of aromatic nitrogens is 3. The second-order valence-electron chi connectivity index (χ2n) is 4.31. The smallest absolute Gasteiger partial charge is 0.203 e. The van der Waals surface area contributed by atoms with Gasteiger partial charge in [-0.3, -0.25) is 0 Å². The van der Waals surface area contributed by atoms with Gasteiger partial charge in [-0.15, -0.1) is 11.3 Å². The summed E-state index contributed by atoms with van der Waals surface area (Å²) < 4.78 is 4.34. The van der Waals surface area contributed by atoms with Crippen molar-refractivity contribution in [2.24, 2.45) is 0 Å². The van der Waals surface area contributed by atoms with Gasteiger partial charge < -0.3 is 5.32 Å². The Hall–Kier alpha value is -1.01. The molecule has 0 radical (unpaired) electrons. The number of aryl methyl sites for hydroxylation is 3. The van der Waals surface area contributed by atoms with Crippen molar-refractivity contribution in [1.82, 2.24) is 14.3 Å². The van der Waals surface area contributed by atoms with Crippen LogP contribution in [0, 0.1) is 13.8 Å². The summed E-state index contributed by atoms with van der Waals surface area (Å²) in [6.07, 6.45) is 2.03. The summed E-state index contributed by atoms with van der Waals surface area (Å²) in [5, 5.41) is 5.42. The first-order valence-corrected chi connectivity index (χ1v) is 7.72. The summed E-state index contributed by atoms with van der Waals surface area (Å²) >= 11 is 3.18. The molecule has 0 amide bonds. The first-order chi connectivity index (χ1) is 8.60. The molecule has 18 heavy (non-hydrogen) atoms. The van der Waals surface area contributed by atoms with Gasteiger partial charge in [-0.05, 0) is 27.2 Å². The van der Waals surface area contributed by atoms with Crippen molar-refractivity contribution in [2.75, 3.05) is 5.32 Å². The lowest BCUT2D eigenvalue weighted by Gasteiger charge is -2.10. The lowest BCUT2D eigenvalue weighted by molar-refractivity contribution is 0.850. The largest absolute Gasteiger partial charge is 0.353 e. The molecule has 0 fully saturated rings. The van der Waals surface area contributed by atoms with E-state index in [1.807, 2.05) is 6.92 Å². The number of nitrogens with one attached hydrogen (secondary N) is 1. The highest BCUT2D eigenvalue weighted by Gasteiger charge is 2.14. The summed E-state index contributed by atoms with van der Waals surface area (Å²) in [5.41, 5.74) is 1.11. The molecule has 1 N–H and O–H groups in total. The Morgan fingerprint density at radius 1 is 1.28 bits per heavy atom. The zero-order valence-corrected chi connectivity index (χ0v) is 12.8. The standard InChI is InChI=1S/C12H18N4S2/c1-5-6-10-15-12(18-16-10)14-8(3)11-7(2)13-9(4)17-11/h8H,5-6H2,1-4H3,(H,14,15,16). The van der Waals surface area contributed by atoms with Crippen molar-refractivity contribution < 1.29 is 0 Å². The van der Waals surface area contributed by atoms with Gasteiger partial charge in [0.05, 0.1) is 16.7 Å². The molecule has 98 valence electrons. The average molecular weight is 282 g/mol. The Bertz CT molecular complexity index is 518. The number of nitrogens with zero attached hydrogens (tertiary/aromatic N) is 3. The minimum atomic E-state index is 0.235. The van der Waals surface area contributed by atoms with Crippen LogP contribution in [0.1, 0.15) is 47.7 Å². The van der Waals surface area contributed by atoms with Crippen LogP contribution >= 0.6 is 22.9 Å². The zero-order chi connectivity index (χ0) is 13.1. The first-order valence-electron chi connectivity index (χ1n) is 6.13. The minimum Gasteiger partial charge on any atom is -0.353 e. The van der Waals surface area contributed by atoms with Crippen molar-refractivity contribution in [3.05, 3.63) is 21.4 Å². The molecule has 0 saturated heterocycles. The molecule has 0 aliphatic rings. The number of hydrogen-bond acceptors (Lipinski definition) is 6. The van der Waals surface area contributed by atoms with Gasteiger partial charge in [0.2, 0.25) is 5.13 Å². The van der Waals surface area contributed by atoms with E-state index in [0.29, 0.717) is 0 Å². The van der Waals surface area contributed by atoms with Crippen LogP contribution in [-0.4, -0.2) is 14.3 Å². The fourth-order valence-corrected chi connectivity index (χ4v) is 3.47. The molecule has 0 aliphatic carbocycles. The highest BCUT2D eigenvalue weighted by atomic mass is 32.1. The third-order valence-electron chi connectivity index (χ3n) is 2.61. The average Bonchev–Trinajstić information content (AvgIpc) is 2.86. The van der Waals surface area contributed by atoms with Gasteiger partial charge in [-0.25, -0.2) is 9.97 Å². The number of hydrogen-bond donors (Lipinski definition) is 1. The molecule has 0 aliphatic heterocycles. The number of anilines is 1. The lowest BCUT2D eigenvalue weighted by Crippen LogP contribution is -2.06. The Balaban J connectivity index is 2.06. The van der Waals surface area contributed by atoms with Crippen LogP contribution < -0.4 is 5.32 Å². The number of rotatable bonds is 5. The van der Waals surface area contributed by atoms with Gasteiger partial charge in [-0.2, -0.15) is 4.37 Å². The Labute approximate surface area is 116 Å². The summed E-state index contributed by atoms with van der Waals surface area (Å²) in [6.45, 7) is 8.37. The van der Waals surface area contributed by atoms with E-state index in [0.717, 1.165) is 34.5 Å². The Morgan fingerprint density at radius 2 is 2.06 bits per heavy atom. The quantitative estimate of drug-likeness (QED) is 0.907. The Morgan fingerprint density at radius 3 is 2.67 bits per heavy atom. The molecule has 0 aromatic carbocycles. The van der Waals surface area contributed by atoms with Crippen molar-refractivity contribution in [3.63, 3.8) is 0 Å². The maximum Gasteiger partial charge on any atom is 0.203 e. The predicted octanol–water partition coefficient (Wildman–Crippen LogP) is 3.74. The third kappa shape index (κ3) is 3.05. The summed E-state index contributed by atoms with van der Waals surface area (Å²) in [6, 6.07) is 0.235. The van der Waals surface area contributed by atoms with Crippen LogP contribution in [0.25, 0.3) is 0 Å². The van der Waals surface area contributed by atoms with Gasteiger partial charge in [0.25, 0.3) is 0 Å². The molecule has 4 nitrogen and oxygen atoms in total. The molecule has 0 saturated carbocycles. The highest BCUT2D eigenvalue weighted by molar-refractivity contribution is 7.12. The molecule has 2 rings (SSSR count). The van der Waals surface area contributed by atoms with Crippen LogP contribution in [-0.2, 0) is 6.42 Å². The van der Waals surface area contributed by atoms with Gasteiger partial charge in [0, 0.05) is 22.8 Å². The second-order valence-corrected chi connectivity index (χ2v) is 6.30. The second kappa shape index (κ2) is 5.75. The van der Waals surface area contributed by atoms with Crippen LogP contribution in [0.15, 0.2) is 0 Å². The van der Waals surface area contributed by atoms with E-state index in [1.165, 1.54) is 16.4 Å².